The molecule has 0 unspecified atom stereocenters. The highest BCUT2D eigenvalue weighted by molar-refractivity contribution is 5.86. The Kier molecular flexibility index (Phi) is 5.44. The summed E-state index contributed by atoms with van der Waals surface area (Å²) >= 11 is 0. The second-order valence-electron chi connectivity index (χ2n) is 4.07. The number of piperidine rings is 1. The highest BCUT2D eigenvalue weighted by atomic mass is 35.5. The molecular formula is C11H17ClN2O3. The van der Waals surface area contributed by atoms with Crippen molar-refractivity contribution in [3.05, 3.63) is 17.5 Å². The van der Waals surface area contributed by atoms with E-state index in [9.17, 15) is 4.79 Å². The molecule has 2 rings (SSSR count). The van der Waals surface area contributed by atoms with Crippen LogP contribution in [0.3, 0.4) is 0 Å². The molecule has 0 radical (unpaired) electrons. The van der Waals surface area contributed by atoms with Crippen LogP contribution in [0, 0.1) is 5.92 Å². The fourth-order valence-electron chi connectivity index (χ4n) is 1.99. The van der Waals surface area contributed by atoms with Crippen molar-refractivity contribution in [3.63, 3.8) is 0 Å². The average Bonchev–Trinajstić information content (AvgIpc) is 2.78. The summed E-state index contributed by atoms with van der Waals surface area (Å²) < 4.78 is 9.48. The smallest absolute Gasteiger partial charge is 0.376 e. The number of halogens is 1. The molecule has 96 valence electrons. The number of nitrogens with one attached hydrogen (secondary N) is 1. The van der Waals surface area contributed by atoms with E-state index in [0.29, 0.717) is 5.92 Å². The Balaban J connectivity index is 0.00000144. The van der Waals surface area contributed by atoms with Gasteiger partial charge in [0.25, 0.3) is 0 Å². The molecule has 6 heteroatoms. The first-order valence-corrected chi connectivity index (χ1v) is 5.54. The van der Waals surface area contributed by atoms with Gasteiger partial charge in [0.05, 0.1) is 12.8 Å². The summed E-state index contributed by atoms with van der Waals surface area (Å²) in [5.41, 5.74) is 0.840. The lowest BCUT2D eigenvalue weighted by molar-refractivity contribution is 0.0554. The minimum absolute atomic E-state index is 0. The second-order valence-corrected chi connectivity index (χ2v) is 4.07. The van der Waals surface area contributed by atoms with Crippen LogP contribution in [-0.2, 0) is 11.2 Å². The van der Waals surface area contributed by atoms with Gasteiger partial charge in [-0.05, 0) is 38.3 Å². The lowest BCUT2D eigenvalue weighted by atomic mass is 9.93. The third kappa shape index (κ3) is 3.71. The van der Waals surface area contributed by atoms with Crippen LogP contribution < -0.4 is 5.32 Å². The van der Waals surface area contributed by atoms with E-state index in [4.69, 9.17) is 4.52 Å². The Bertz CT molecular complexity index is 361. The van der Waals surface area contributed by atoms with Gasteiger partial charge >= 0.3 is 5.97 Å². The minimum Gasteiger partial charge on any atom is -0.463 e. The number of esters is 1. The lowest BCUT2D eigenvalue weighted by Crippen LogP contribution is -2.28. The van der Waals surface area contributed by atoms with Gasteiger partial charge in [-0.15, -0.1) is 12.4 Å². The fraction of sp³-hybridized carbons (Fsp3) is 0.636. The number of nitrogens with zero attached hydrogens (tertiary/aromatic N) is 1. The van der Waals surface area contributed by atoms with E-state index < -0.39 is 5.97 Å². The predicted octanol–water partition coefficient (Wildman–Crippen LogP) is 1.43. The highest BCUT2D eigenvalue weighted by Crippen LogP contribution is 2.18. The second kappa shape index (κ2) is 6.61. The van der Waals surface area contributed by atoms with E-state index in [1.165, 1.54) is 7.11 Å². The van der Waals surface area contributed by atoms with E-state index in [0.717, 1.165) is 38.0 Å². The summed E-state index contributed by atoms with van der Waals surface area (Å²) in [7, 11) is 1.33. The molecule has 1 aliphatic heterocycles. The summed E-state index contributed by atoms with van der Waals surface area (Å²) in [6.45, 7) is 2.12. The molecular weight excluding hydrogens is 244 g/mol. The summed E-state index contributed by atoms with van der Waals surface area (Å²) in [4.78, 5) is 11.2. The van der Waals surface area contributed by atoms with Gasteiger partial charge in [-0.2, -0.15) is 0 Å². The normalized spacial score (nSPS) is 16.3. The first-order valence-electron chi connectivity index (χ1n) is 5.54. The summed E-state index contributed by atoms with van der Waals surface area (Å²) in [5.74, 6) is 0.354. The zero-order chi connectivity index (χ0) is 11.4. The van der Waals surface area contributed by atoms with Crippen LogP contribution >= 0.6 is 12.4 Å². The molecule has 1 N–H and O–H groups in total. The zero-order valence-electron chi connectivity index (χ0n) is 9.77. The molecule has 1 aliphatic rings. The zero-order valence-corrected chi connectivity index (χ0v) is 10.6. The molecule has 0 saturated carbocycles. The van der Waals surface area contributed by atoms with Crippen molar-refractivity contribution in [1.82, 2.24) is 10.5 Å². The molecule has 0 bridgehead atoms. The van der Waals surface area contributed by atoms with Gasteiger partial charge in [0, 0.05) is 6.07 Å². The van der Waals surface area contributed by atoms with E-state index >= 15 is 0 Å². The van der Waals surface area contributed by atoms with Crippen molar-refractivity contribution in [2.45, 2.75) is 19.3 Å². The molecule has 0 aromatic carbocycles. The number of hydrogen-bond acceptors (Lipinski definition) is 5. The third-order valence-corrected chi connectivity index (χ3v) is 2.90. The van der Waals surface area contributed by atoms with Gasteiger partial charge in [0.2, 0.25) is 5.76 Å². The minimum atomic E-state index is -0.468. The first kappa shape index (κ1) is 14.0. The highest BCUT2D eigenvalue weighted by Gasteiger charge is 2.18. The summed E-state index contributed by atoms with van der Waals surface area (Å²) in [6, 6.07) is 1.67. The van der Waals surface area contributed by atoms with Gasteiger partial charge in [-0.3, -0.25) is 0 Å². The van der Waals surface area contributed by atoms with Gasteiger partial charge in [0.1, 0.15) is 0 Å². The van der Waals surface area contributed by atoms with Crippen LogP contribution in [0.5, 0.6) is 0 Å². The molecule has 0 amide bonds. The molecule has 1 saturated heterocycles. The molecule has 1 aromatic heterocycles. The van der Waals surface area contributed by atoms with Gasteiger partial charge < -0.3 is 14.6 Å². The van der Waals surface area contributed by atoms with Gasteiger partial charge in [0.15, 0.2) is 0 Å². The van der Waals surface area contributed by atoms with Gasteiger partial charge in [-0.25, -0.2) is 4.79 Å². The quantitative estimate of drug-likeness (QED) is 0.833. The van der Waals surface area contributed by atoms with Crippen molar-refractivity contribution in [2.75, 3.05) is 20.2 Å². The van der Waals surface area contributed by atoms with E-state index in [1.54, 1.807) is 6.07 Å². The Hall–Kier alpha value is -1.07. The molecule has 0 aliphatic carbocycles. The maximum absolute atomic E-state index is 11.2. The molecule has 1 aromatic rings. The SMILES string of the molecule is COC(=O)c1cc(CC2CCNCC2)no1.Cl. The Morgan fingerprint density at radius 3 is 2.94 bits per heavy atom. The predicted molar refractivity (Wildman–Crippen MR) is 64.4 cm³/mol. The summed E-state index contributed by atoms with van der Waals surface area (Å²) in [6.07, 6.45) is 3.18. The van der Waals surface area contributed by atoms with Crippen molar-refractivity contribution < 1.29 is 14.1 Å². The number of hydrogen-bond donors (Lipinski definition) is 1. The standard InChI is InChI=1S/C11H16N2O3.ClH/c1-15-11(14)10-7-9(13-16-10)6-8-2-4-12-5-3-8;/h7-8,12H,2-6H2,1H3;1H. The third-order valence-electron chi connectivity index (χ3n) is 2.90. The largest absolute Gasteiger partial charge is 0.463 e. The number of carbonyl (C=O) groups is 1. The fourth-order valence-corrected chi connectivity index (χ4v) is 1.99. The first-order chi connectivity index (χ1) is 7.79. The van der Waals surface area contributed by atoms with Crippen LogP contribution in [0.25, 0.3) is 0 Å². The number of aromatic nitrogens is 1. The maximum Gasteiger partial charge on any atom is 0.376 e. The molecule has 1 fully saturated rings. The van der Waals surface area contributed by atoms with E-state index in [1.807, 2.05) is 0 Å². The van der Waals surface area contributed by atoms with E-state index in [2.05, 4.69) is 15.2 Å². The van der Waals surface area contributed by atoms with Crippen molar-refractivity contribution in [3.8, 4) is 0 Å². The van der Waals surface area contributed by atoms with Crippen molar-refractivity contribution >= 4 is 18.4 Å². The van der Waals surface area contributed by atoms with Crippen molar-refractivity contribution in [1.29, 1.82) is 0 Å². The Morgan fingerprint density at radius 1 is 1.59 bits per heavy atom. The van der Waals surface area contributed by atoms with Gasteiger partial charge in [-0.1, -0.05) is 5.16 Å². The number of methoxy groups -OCH3 is 1. The van der Waals surface area contributed by atoms with E-state index in [-0.39, 0.29) is 18.2 Å². The van der Waals surface area contributed by atoms with Crippen LogP contribution in [0.4, 0.5) is 0 Å². The summed E-state index contributed by atoms with van der Waals surface area (Å²) in [5, 5.41) is 7.20. The Morgan fingerprint density at radius 2 is 2.29 bits per heavy atom. The monoisotopic (exact) mass is 260 g/mol. The van der Waals surface area contributed by atoms with Crippen molar-refractivity contribution in [2.24, 2.45) is 5.92 Å². The number of carbonyl (C=O) groups excluding carboxylic acids is 1. The van der Waals surface area contributed by atoms with Crippen LogP contribution in [0.2, 0.25) is 0 Å². The maximum atomic E-state index is 11.2. The lowest BCUT2D eigenvalue weighted by Gasteiger charge is -2.21. The molecule has 17 heavy (non-hydrogen) atoms. The topological polar surface area (TPSA) is 64.4 Å². The van der Waals surface area contributed by atoms with Crippen LogP contribution in [0.1, 0.15) is 29.1 Å². The van der Waals surface area contributed by atoms with Crippen LogP contribution in [-0.4, -0.2) is 31.3 Å². The number of rotatable bonds is 3. The molecule has 0 atom stereocenters. The number of ether oxygens (including phenoxy) is 1. The molecule has 5 nitrogen and oxygen atoms in total. The molecule has 2 heterocycles. The van der Waals surface area contributed by atoms with Crippen LogP contribution in [0.15, 0.2) is 10.6 Å². The molecule has 0 spiro atoms. The average molecular weight is 261 g/mol. The Labute approximate surface area is 106 Å².